The number of hydrogen-bond donors (Lipinski definition) is 0. The van der Waals surface area contributed by atoms with Crippen LogP contribution in [0.25, 0.3) is 0 Å². The summed E-state index contributed by atoms with van der Waals surface area (Å²) in [6.07, 6.45) is 3.27. The van der Waals surface area contributed by atoms with Crippen molar-refractivity contribution in [3.8, 4) is 0 Å². The molecule has 0 spiro atoms. The Hall–Kier alpha value is -1.35. The van der Waals surface area contributed by atoms with Crippen LogP contribution in [0.5, 0.6) is 0 Å². The fourth-order valence-corrected chi connectivity index (χ4v) is 2.50. The van der Waals surface area contributed by atoms with Crippen LogP contribution in [-0.2, 0) is 20.7 Å². The molecule has 0 aliphatic heterocycles. The number of carbonyl (C=O) groups is 2. The van der Waals surface area contributed by atoms with Gasteiger partial charge in [-0.15, -0.1) is 0 Å². The molecule has 0 amide bonds. The lowest BCUT2D eigenvalue weighted by Gasteiger charge is -2.27. The van der Waals surface area contributed by atoms with E-state index < -0.39 is 11.9 Å². The number of ether oxygens (including phenoxy) is 1. The van der Waals surface area contributed by atoms with Crippen LogP contribution in [0.1, 0.15) is 31.7 Å². The molecule has 0 N–H and O–H groups in total. The monoisotopic (exact) mass is 294 g/mol. The molecule has 1 aromatic carbocycles. The highest BCUT2D eigenvalue weighted by Crippen LogP contribution is 2.31. The standard InChI is InChI=1S/C16H19ClO3/c1-2-20-16(19)14(15(18)12-4-3-5-12)10-11-6-8-13(17)9-7-11/h6-9,12,14H,2-5,10H2,1H3. The second-order valence-electron chi connectivity index (χ2n) is 5.17. The van der Waals surface area contributed by atoms with Gasteiger partial charge in [0.05, 0.1) is 6.61 Å². The molecule has 1 unspecified atom stereocenters. The summed E-state index contributed by atoms with van der Waals surface area (Å²) in [5, 5.41) is 0.645. The SMILES string of the molecule is CCOC(=O)C(Cc1ccc(Cl)cc1)C(=O)C1CCC1. The maximum atomic E-state index is 12.4. The van der Waals surface area contributed by atoms with E-state index in [1.807, 2.05) is 12.1 Å². The van der Waals surface area contributed by atoms with E-state index in [-0.39, 0.29) is 11.7 Å². The number of esters is 1. The Balaban J connectivity index is 2.10. The molecule has 1 fully saturated rings. The zero-order chi connectivity index (χ0) is 14.5. The molecule has 1 saturated carbocycles. The Morgan fingerprint density at radius 2 is 1.95 bits per heavy atom. The molecule has 4 heteroatoms. The maximum absolute atomic E-state index is 12.4. The highest BCUT2D eigenvalue weighted by Gasteiger charge is 2.36. The smallest absolute Gasteiger partial charge is 0.316 e. The molecule has 1 aliphatic rings. The third-order valence-corrected chi connectivity index (χ3v) is 4.03. The Morgan fingerprint density at radius 1 is 1.30 bits per heavy atom. The predicted molar refractivity (Wildman–Crippen MR) is 77.6 cm³/mol. The summed E-state index contributed by atoms with van der Waals surface area (Å²) in [4.78, 5) is 24.4. The summed E-state index contributed by atoms with van der Waals surface area (Å²) in [5.74, 6) is -1.01. The number of ketones is 1. The van der Waals surface area contributed by atoms with Crippen LogP contribution in [0.15, 0.2) is 24.3 Å². The molecule has 3 nitrogen and oxygen atoms in total. The summed E-state index contributed by atoms with van der Waals surface area (Å²) in [5.41, 5.74) is 0.931. The Bertz CT molecular complexity index is 477. The van der Waals surface area contributed by atoms with Crippen LogP contribution in [0, 0.1) is 11.8 Å². The number of halogens is 1. The zero-order valence-electron chi connectivity index (χ0n) is 11.6. The van der Waals surface area contributed by atoms with Crippen molar-refractivity contribution in [2.24, 2.45) is 11.8 Å². The van der Waals surface area contributed by atoms with Crippen molar-refractivity contribution in [2.45, 2.75) is 32.6 Å². The molecule has 0 radical (unpaired) electrons. The van der Waals surface area contributed by atoms with Gasteiger partial charge in [-0.1, -0.05) is 30.2 Å². The Morgan fingerprint density at radius 3 is 2.45 bits per heavy atom. The summed E-state index contributed by atoms with van der Waals surface area (Å²) < 4.78 is 5.05. The van der Waals surface area contributed by atoms with Gasteiger partial charge in [0.2, 0.25) is 0 Å². The highest BCUT2D eigenvalue weighted by molar-refractivity contribution is 6.30. The minimum Gasteiger partial charge on any atom is -0.465 e. The van der Waals surface area contributed by atoms with E-state index in [2.05, 4.69) is 0 Å². The minimum atomic E-state index is -0.679. The van der Waals surface area contributed by atoms with Gasteiger partial charge in [0.25, 0.3) is 0 Å². The molecular weight excluding hydrogens is 276 g/mol. The normalized spacial score (nSPS) is 16.3. The first-order valence-corrected chi connectivity index (χ1v) is 7.44. The van der Waals surface area contributed by atoms with Crippen LogP contribution < -0.4 is 0 Å². The summed E-state index contributed by atoms with van der Waals surface area (Å²) in [6.45, 7) is 2.05. The third-order valence-electron chi connectivity index (χ3n) is 3.78. The minimum absolute atomic E-state index is 0.0321. The highest BCUT2D eigenvalue weighted by atomic mass is 35.5. The van der Waals surface area contributed by atoms with Gasteiger partial charge in [-0.3, -0.25) is 9.59 Å². The van der Waals surface area contributed by atoms with E-state index in [1.165, 1.54) is 0 Å². The second-order valence-corrected chi connectivity index (χ2v) is 5.60. The van der Waals surface area contributed by atoms with Gasteiger partial charge < -0.3 is 4.74 Å². The fourth-order valence-electron chi connectivity index (χ4n) is 2.38. The molecule has 1 aliphatic carbocycles. The number of carbonyl (C=O) groups excluding carboxylic acids is 2. The Labute approximate surface area is 124 Å². The molecule has 20 heavy (non-hydrogen) atoms. The average Bonchev–Trinajstić information content (AvgIpc) is 2.36. The van der Waals surface area contributed by atoms with Gasteiger partial charge in [0.1, 0.15) is 5.92 Å². The number of benzene rings is 1. The number of rotatable bonds is 6. The first-order chi connectivity index (χ1) is 9.61. The molecule has 2 rings (SSSR count). The fraction of sp³-hybridized carbons (Fsp3) is 0.500. The van der Waals surface area contributed by atoms with Crippen LogP contribution in [-0.4, -0.2) is 18.4 Å². The van der Waals surface area contributed by atoms with Gasteiger partial charge in [-0.25, -0.2) is 0 Å². The lowest BCUT2D eigenvalue weighted by atomic mass is 9.76. The first-order valence-electron chi connectivity index (χ1n) is 7.06. The number of Topliss-reactive ketones (excluding diaryl/α,β-unsaturated/α-hetero) is 1. The maximum Gasteiger partial charge on any atom is 0.316 e. The van der Waals surface area contributed by atoms with Crippen LogP contribution in [0.3, 0.4) is 0 Å². The lowest BCUT2D eigenvalue weighted by Crippen LogP contribution is -2.35. The van der Waals surface area contributed by atoms with Crippen LogP contribution in [0.2, 0.25) is 5.02 Å². The van der Waals surface area contributed by atoms with Crippen molar-refractivity contribution < 1.29 is 14.3 Å². The largest absolute Gasteiger partial charge is 0.465 e. The van der Waals surface area contributed by atoms with E-state index in [4.69, 9.17) is 16.3 Å². The van der Waals surface area contributed by atoms with Crippen molar-refractivity contribution >= 4 is 23.4 Å². The molecule has 108 valence electrons. The Kier molecular flexibility index (Phi) is 5.18. The van der Waals surface area contributed by atoms with Gasteiger partial charge in [0, 0.05) is 10.9 Å². The molecule has 1 aromatic rings. The zero-order valence-corrected chi connectivity index (χ0v) is 12.4. The van der Waals surface area contributed by atoms with Gasteiger partial charge in [-0.05, 0) is 43.9 Å². The first kappa shape index (κ1) is 15.0. The van der Waals surface area contributed by atoms with E-state index in [1.54, 1.807) is 19.1 Å². The van der Waals surface area contributed by atoms with Crippen molar-refractivity contribution in [3.05, 3.63) is 34.9 Å². The quantitative estimate of drug-likeness (QED) is 0.596. The molecule has 0 saturated heterocycles. The predicted octanol–water partition coefficient (Wildman–Crippen LogP) is 3.43. The van der Waals surface area contributed by atoms with E-state index in [9.17, 15) is 9.59 Å². The summed E-state index contributed by atoms with van der Waals surface area (Å²) in [6, 6.07) is 7.24. The van der Waals surface area contributed by atoms with Crippen molar-refractivity contribution in [1.29, 1.82) is 0 Å². The van der Waals surface area contributed by atoms with E-state index >= 15 is 0 Å². The average molecular weight is 295 g/mol. The van der Waals surface area contributed by atoms with Crippen molar-refractivity contribution in [2.75, 3.05) is 6.61 Å². The summed E-state index contributed by atoms with van der Waals surface area (Å²) in [7, 11) is 0. The lowest BCUT2D eigenvalue weighted by molar-refractivity contribution is -0.153. The van der Waals surface area contributed by atoms with Crippen molar-refractivity contribution in [3.63, 3.8) is 0 Å². The van der Waals surface area contributed by atoms with Crippen molar-refractivity contribution in [1.82, 2.24) is 0 Å². The van der Waals surface area contributed by atoms with E-state index in [0.29, 0.717) is 18.1 Å². The van der Waals surface area contributed by atoms with Crippen LogP contribution >= 0.6 is 11.6 Å². The summed E-state index contributed by atoms with van der Waals surface area (Å²) >= 11 is 5.85. The second kappa shape index (κ2) is 6.89. The molecular formula is C16H19ClO3. The van der Waals surface area contributed by atoms with E-state index in [0.717, 1.165) is 24.8 Å². The molecule has 0 heterocycles. The number of hydrogen-bond acceptors (Lipinski definition) is 3. The molecule has 1 atom stereocenters. The molecule has 0 aromatic heterocycles. The topological polar surface area (TPSA) is 43.4 Å². The van der Waals surface area contributed by atoms with Gasteiger partial charge in [0.15, 0.2) is 5.78 Å². The molecule has 0 bridgehead atoms. The van der Waals surface area contributed by atoms with Crippen LogP contribution in [0.4, 0.5) is 0 Å². The third kappa shape index (κ3) is 3.60. The van der Waals surface area contributed by atoms with Gasteiger partial charge >= 0.3 is 5.97 Å². The van der Waals surface area contributed by atoms with Gasteiger partial charge in [-0.2, -0.15) is 0 Å².